The molecule has 0 fully saturated rings. The van der Waals surface area contributed by atoms with E-state index in [9.17, 15) is 9.59 Å². The number of aryl methyl sites for hydroxylation is 1. The summed E-state index contributed by atoms with van der Waals surface area (Å²) in [6.07, 6.45) is 8.47. The first-order chi connectivity index (χ1) is 15.1. The minimum Gasteiger partial charge on any atom is -0.494 e. The molecule has 0 N–H and O–H groups in total. The van der Waals surface area contributed by atoms with Crippen LogP contribution in [0.5, 0.6) is 5.75 Å². The van der Waals surface area contributed by atoms with Crippen LogP contribution in [0, 0.1) is 0 Å². The molecule has 0 saturated heterocycles. The van der Waals surface area contributed by atoms with Crippen molar-refractivity contribution in [2.24, 2.45) is 0 Å². The number of carbonyl (C=O) groups excluding carboxylic acids is 2. The van der Waals surface area contributed by atoms with Crippen molar-refractivity contribution in [2.75, 3.05) is 25.7 Å². The topological polar surface area (TPSA) is 65.1 Å². The number of allylic oxidation sites excluding steroid dienone is 2. The van der Waals surface area contributed by atoms with Gasteiger partial charge in [-0.05, 0) is 54.8 Å². The summed E-state index contributed by atoms with van der Waals surface area (Å²) in [5, 5.41) is 0. The lowest BCUT2D eigenvalue weighted by molar-refractivity contribution is -0.139. The van der Waals surface area contributed by atoms with Crippen LogP contribution in [-0.2, 0) is 25.5 Å². The van der Waals surface area contributed by atoms with E-state index in [0.717, 1.165) is 18.6 Å². The van der Waals surface area contributed by atoms with E-state index in [2.05, 4.69) is 12.1 Å². The monoisotopic (exact) mass is 419 g/mol. The van der Waals surface area contributed by atoms with Crippen molar-refractivity contribution in [3.63, 3.8) is 0 Å². The van der Waals surface area contributed by atoms with Crippen LogP contribution < -0.4 is 9.64 Å². The van der Waals surface area contributed by atoms with Gasteiger partial charge in [0, 0.05) is 11.9 Å². The largest absolute Gasteiger partial charge is 0.494 e. The van der Waals surface area contributed by atoms with E-state index < -0.39 is 11.9 Å². The fraction of sp³-hybridized carbons (Fsp3) is 0.200. The fourth-order valence-electron chi connectivity index (χ4n) is 3.18. The van der Waals surface area contributed by atoms with Crippen LogP contribution in [0.1, 0.15) is 12.0 Å². The molecule has 0 amide bonds. The van der Waals surface area contributed by atoms with Crippen molar-refractivity contribution in [3.8, 4) is 5.75 Å². The summed E-state index contributed by atoms with van der Waals surface area (Å²) in [6.45, 7) is 0.599. The van der Waals surface area contributed by atoms with Gasteiger partial charge in [0.15, 0.2) is 0 Å². The number of esters is 2. The molecule has 2 aromatic carbocycles. The van der Waals surface area contributed by atoms with Gasteiger partial charge in [0.25, 0.3) is 0 Å². The highest BCUT2D eigenvalue weighted by atomic mass is 16.5. The van der Waals surface area contributed by atoms with Gasteiger partial charge in [0.2, 0.25) is 0 Å². The van der Waals surface area contributed by atoms with E-state index in [0.29, 0.717) is 12.3 Å². The molecule has 0 aromatic heterocycles. The highest BCUT2D eigenvalue weighted by Crippen LogP contribution is 2.28. The molecule has 1 heterocycles. The van der Waals surface area contributed by atoms with E-state index in [1.54, 1.807) is 23.3 Å². The molecule has 0 spiro atoms. The molecule has 31 heavy (non-hydrogen) atoms. The number of ether oxygens (including phenoxy) is 3. The summed E-state index contributed by atoms with van der Waals surface area (Å²) < 4.78 is 15.6. The van der Waals surface area contributed by atoms with Crippen LogP contribution in [0.2, 0.25) is 0 Å². The third kappa shape index (κ3) is 5.63. The van der Waals surface area contributed by atoms with Crippen LogP contribution in [0.25, 0.3) is 0 Å². The zero-order chi connectivity index (χ0) is 22.1. The lowest BCUT2D eigenvalue weighted by Gasteiger charge is -2.23. The first-order valence-corrected chi connectivity index (χ1v) is 9.96. The quantitative estimate of drug-likeness (QED) is 0.472. The van der Waals surface area contributed by atoms with Crippen LogP contribution in [0.3, 0.4) is 0 Å². The molecule has 1 aliphatic heterocycles. The Bertz CT molecular complexity index is 990. The van der Waals surface area contributed by atoms with Gasteiger partial charge in [0.1, 0.15) is 11.4 Å². The Kier molecular flexibility index (Phi) is 7.65. The average molecular weight is 419 g/mol. The molecular formula is C25H25NO5. The zero-order valence-electron chi connectivity index (χ0n) is 17.6. The highest BCUT2D eigenvalue weighted by molar-refractivity contribution is 6.05. The number of carbonyl (C=O) groups is 2. The summed E-state index contributed by atoms with van der Waals surface area (Å²) >= 11 is 0. The Hall–Kier alpha value is -3.80. The lowest BCUT2D eigenvalue weighted by Crippen LogP contribution is -2.26. The minimum absolute atomic E-state index is 0.0795. The van der Waals surface area contributed by atoms with E-state index in [1.165, 1.54) is 25.9 Å². The first kappa shape index (κ1) is 21.9. The van der Waals surface area contributed by atoms with Gasteiger partial charge in [-0.2, -0.15) is 0 Å². The highest BCUT2D eigenvalue weighted by Gasteiger charge is 2.27. The molecule has 160 valence electrons. The number of hydrogen-bond acceptors (Lipinski definition) is 6. The van der Waals surface area contributed by atoms with Crippen molar-refractivity contribution >= 4 is 17.6 Å². The third-order valence-electron chi connectivity index (χ3n) is 4.73. The van der Waals surface area contributed by atoms with Crippen molar-refractivity contribution in [3.05, 3.63) is 95.9 Å². The third-order valence-corrected chi connectivity index (χ3v) is 4.73. The second-order valence-corrected chi connectivity index (χ2v) is 6.75. The predicted molar refractivity (Wildman–Crippen MR) is 119 cm³/mol. The fourth-order valence-corrected chi connectivity index (χ4v) is 3.18. The average Bonchev–Trinajstić information content (AvgIpc) is 3.05. The summed E-state index contributed by atoms with van der Waals surface area (Å²) in [7, 11) is 2.54. The number of rotatable bonds is 8. The minimum atomic E-state index is -0.641. The van der Waals surface area contributed by atoms with Gasteiger partial charge in [-0.1, -0.05) is 36.4 Å². The number of hydrogen-bond donors (Lipinski definition) is 0. The van der Waals surface area contributed by atoms with Gasteiger partial charge in [-0.3, -0.25) is 0 Å². The summed E-state index contributed by atoms with van der Waals surface area (Å²) in [6, 6.07) is 17.6. The molecule has 2 aromatic rings. The molecule has 0 aliphatic carbocycles. The molecule has 0 unspecified atom stereocenters. The van der Waals surface area contributed by atoms with Crippen LogP contribution in [0.4, 0.5) is 5.69 Å². The molecule has 6 nitrogen and oxygen atoms in total. The number of anilines is 1. The Morgan fingerprint density at radius 3 is 2.26 bits per heavy atom. The smallest absolute Gasteiger partial charge is 0.355 e. The van der Waals surface area contributed by atoms with Gasteiger partial charge >= 0.3 is 11.9 Å². The SMILES string of the molecule is COC(=O)C1=C(C(=O)OC)N(c2ccc(OCCCc3ccccc3)cc2)C=CC=C1. The van der Waals surface area contributed by atoms with E-state index >= 15 is 0 Å². The molecule has 0 radical (unpaired) electrons. The molecule has 3 rings (SSSR count). The van der Waals surface area contributed by atoms with Gasteiger partial charge < -0.3 is 19.1 Å². The summed E-state index contributed by atoms with van der Waals surface area (Å²) in [4.78, 5) is 26.3. The second kappa shape index (κ2) is 10.8. The normalized spacial score (nSPS) is 13.0. The van der Waals surface area contributed by atoms with Crippen molar-refractivity contribution in [2.45, 2.75) is 12.8 Å². The summed E-state index contributed by atoms with van der Waals surface area (Å²) in [5.74, 6) is -0.535. The van der Waals surface area contributed by atoms with Crippen molar-refractivity contribution < 1.29 is 23.8 Å². The van der Waals surface area contributed by atoms with Crippen molar-refractivity contribution in [1.29, 1.82) is 0 Å². The molecule has 0 bridgehead atoms. The van der Waals surface area contributed by atoms with E-state index in [4.69, 9.17) is 14.2 Å². The summed E-state index contributed by atoms with van der Waals surface area (Å²) in [5.41, 5.74) is 2.15. The standard InChI is InChI=1S/C25H25NO5/c1-29-24(27)22-12-6-7-17-26(23(22)25(28)30-2)20-13-15-21(16-14-20)31-18-8-11-19-9-4-3-5-10-19/h3-7,9-10,12-17H,8,11,18H2,1-2H3. The zero-order valence-corrected chi connectivity index (χ0v) is 17.6. The maximum Gasteiger partial charge on any atom is 0.355 e. The van der Waals surface area contributed by atoms with Crippen LogP contribution in [0.15, 0.2) is 90.3 Å². The Balaban J connectivity index is 1.72. The maximum atomic E-state index is 12.5. The van der Waals surface area contributed by atoms with E-state index in [1.807, 2.05) is 42.5 Å². The Labute approximate surface area is 182 Å². The van der Waals surface area contributed by atoms with Crippen molar-refractivity contribution in [1.82, 2.24) is 0 Å². The van der Waals surface area contributed by atoms with Gasteiger partial charge in [-0.25, -0.2) is 9.59 Å². The lowest BCUT2D eigenvalue weighted by atomic mass is 10.1. The van der Waals surface area contributed by atoms with Crippen LogP contribution >= 0.6 is 0 Å². The van der Waals surface area contributed by atoms with Crippen LogP contribution in [-0.4, -0.2) is 32.8 Å². The Morgan fingerprint density at radius 1 is 0.871 bits per heavy atom. The molecule has 0 saturated carbocycles. The number of benzene rings is 2. The molecule has 1 aliphatic rings. The molecule has 6 heteroatoms. The molecule has 0 atom stereocenters. The van der Waals surface area contributed by atoms with E-state index in [-0.39, 0.29) is 11.3 Å². The Morgan fingerprint density at radius 2 is 1.58 bits per heavy atom. The number of methoxy groups -OCH3 is 2. The molecular weight excluding hydrogens is 394 g/mol. The number of nitrogens with zero attached hydrogens (tertiary/aromatic N) is 1. The second-order valence-electron chi connectivity index (χ2n) is 6.75. The van der Waals surface area contributed by atoms with Gasteiger partial charge in [-0.15, -0.1) is 0 Å². The van der Waals surface area contributed by atoms with Gasteiger partial charge in [0.05, 0.1) is 26.4 Å². The first-order valence-electron chi connectivity index (χ1n) is 9.96. The predicted octanol–water partition coefficient (Wildman–Crippen LogP) is 4.19. The maximum absolute atomic E-state index is 12.5.